The quantitative estimate of drug-likeness (QED) is 0.795. The molecule has 26 heavy (non-hydrogen) atoms. The molecule has 1 aliphatic heterocycles. The molecule has 1 heterocycles. The highest BCUT2D eigenvalue weighted by molar-refractivity contribution is 5.94. The van der Waals surface area contributed by atoms with Crippen molar-refractivity contribution in [1.82, 2.24) is 4.90 Å². The number of ether oxygens (including phenoxy) is 1. The summed E-state index contributed by atoms with van der Waals surface area (Å²) >= 11 is 0. The van der Waals surface area contributed by atoms with Crippen LogP contribution >= 0.6 is 0 Å². The Labute approximate surface area is 152 Å². The Morgan fingerprint density at radius 2 is 1.69 bits per heavy atom. The van der Waals surface area contributed by atoms with Gasteiger partial charge in [-0.1, -0.05) is 24.3 Å². The molecule has 0 spiro atoms. The Bertz CT molecular complexity index is 838. The molecule has 0 saturated carbocycles. The molecule has 0 radical (unpaired) electrons. The molecule has 132 valence electrons. The number of benzene rings is 2. The van der Waals surface area contributed by atoms with Gasteiger partial charge in [0.05, 0.1) is 18.7 Å². The monoisotopic (exact) mass is 349 g/mol. The van der Waals surface area contributed by atoms with Crippen molar-refractivity contribution in [2.45, 2.75) is 6.42 Å². The molecule has 0 atom stereocenters. The van der Waals surface area contributed by atoms with Gasteiger partial charge in [0, 0.05) is 18.8 Å². The van der Waals surface area contributed by atoms with Crippen LogP contribution in [0.15, 0.2) is 48.5 Å². The van der Waals surface area contributed by atoms with Gasteiger partial charge in [-0.3, -0.25) is 9.69 Å². The smallest absolute Gasteiger partial charge is 0.325 e. The summed E-state index contributed by atoms with van der Waals surface area (Å²) in [6.45, 7) is 1.13. The molecule has 0 aromatic heterocycles. The molecule has 0 unspecified atom stereocenters. The highest BCUT2D eigenvalue weighted by Gasteiger charge is 2.28. The zero-order valence-electron chi connectivity index (χ0n) is 14.5. The van der Waals surface area contributed by atoms with Gasteiger partial charge >= 0.3 is 12.0 Å². The number of nitriles is 1. The second-order valence-corrected chi connectivity index (χ2v) is 6.02. The van der Waals surface area contributed by atoms with Crippen molar-refractivity contribution in [3.05, 3.63) is 54.1 Å². The summed E-state index contributed by atoms with van der Waals surface area (Å²) < 4.78 is 4.65. The Hall–Kier alpha value is -3.33. The summed E-state index contributed by atoms with van der Waals surface area (Å²) in [5.41, 5.74) is 3.43. The van der Waals surface area contributed by atoms with Crippen LogP contribution in [0.4, 0.5) is 10.5 Å². The Kier molecular flexibility index (Phi) is 5.18. The predicted octanol–water partition coefficient (Wildman–Crippen LogP) is 3.03. The summed E-state index contributed by atoms with van der Waals surface area (Å²) in [7, 11) is 1.32. The van der Waals surface area contributed by atoms with Gasteiger partial charge in [0.25, 0.3) is 0 Å². The molecule has 0 aliphatic carbocycles. The summed E-state index contributed by atoms with van der Waals surface area (Å²) in [4.78, 5) is 27.3. The lowest BCUT2D eigenvalue weighted by Gasteiger charge is -2.35. The average Bonchev–Trinajstić information content (AvgIpc) is 2.70. The fourth-order valence-electron chi connectivity index (χ4n) is 2.96. The molecule has 2 aromatic carbocycles. The number of methoxy groups -OCH3 is 1. The van der Waals surface area contributed by atoms with Crippen LogP contribution in [-0.2, 0) is 9.53 Å². The van der Waals surface area contributed by atoms with Crippen LogP contribution in [0.1, 0.15) is 12.0 Å². The van der Waals surface area contributed by atoms with Gasteiger partial charge in [-0.15, -0.1) is 0 Å². The lowest BCUT2D eigenvalue weighted by molar-refractivity contribution is -0.141. The van der Waals surface area contributed by atoms with Crippen molar-refractivity contribution in [3.8, 4) is 17.2 Å². The van der Waals surface area contributed by atoms with Crippen LogP contribution < -0.4 is 4.90 Å². The largest absolute Gasteiger partial charge is 0.468 e. The van der Waals surface area contributed by atoms with Crippen LogP contribution in [0.2, 0.25) is 0 Å². The van der Waals surface area contributed by atoms with Gasteiger partial charge < -0.3 is 9.64 Å². The number of carbonyl (C=O) groups excluding carboxylic acids is 2. The van der Waals surface area contributed by atoms with Crippen LogP contribution in [0.5, 0.6) is 0 Å². The minimum Gasteiger partial charge on any atom is -0.468 e. The van der Waals surface area contributed by atoms with Crippen LogP contribution in [0.25, 0.3) is 11.1 Å². The number of anilines is 1. The summed E-state index contributed by atoms with van der Waals surface area (Å²) in [6, 6.07) is 17.0. The maximum atomic E-state index is 12.6. The Morgan fingerprint density at radius 1 is 1.08 bits per heavy atom. The standard InChI is InChI=1S/C20H19N3O3/c1-26-19(24)14-22-11-2-12-23(20(22)25)18-9-7-17(8-10-18)16-5-3-15(13-21)4-6-16/h3-10H,2,11-12,14H2,1H3. The van der Waals surface area contributed by atoms with E-state index in [1.165, 1.54) is 12.0 Å². The number of hydrogen-bond donors (Lipinski definition) is 0. The SMILES string of the molecule is COC(=O)CN1CCCN(c2ccc(-c3ccc(C#N)cc3)cc2)C1=O. The molecule has 0 N–H and O–H groups in total. The van der Waals surface area contributed by atoms with Crippen molar-refractivity contribution in [2.24, 2.45) is 0 Å². The third kappa shape index (κ3) is 3.67. The Balaban J connectivity index is 1.76. The first-order valence-electron chi connectivity index (χ1n) is 8.36. The van der Waals surface area contributed by atoms with E-state index in [1.807, 2.05) is 36.4 Å². The third-order valence-corrected chi connectivity index (χ3v) is 4.39. The maximum absolute atomic E-state index is 12.6. The number of hydrogen-bond acceptors (Lipinski definition) is 4. The zero-order chi connectivity index (χ0) is 18.5. The topological polar surface area (TPSA) is 73.6 Å². The molecule has 2 aromatic rings. The lowest BCUT2D eigenvalue weighted by Crippen LogP contribution is -2.51. The van der Waals surface area contributed by atoms with Gasteiger partial charge in [0.1, 0.15) is 6.54 Å². The number of amides is 2. The second kappa shape index (κ2) is 7.70. The highest BCUT2D eigenvalue weighted by atomic mass is 16.5. The van der Waals surface area contributed by atoms with E-state index in [4.69, 9.17) is 5.26 Å². The van der Waals surface area contributed by atoms with Gasteiger partial charge in [0.2, 0.25) is 0 Å². The van der Waals surface area contributed by atoms with Gasteiger partial charge in [-0.05, 0) is 41.8 Å². The predicted molar refractivity (Wildman–Crippen MR) is 97.5 cm³/mol. The summed E-state index contributed by atoms with van der Waals surface area (Å²) in [5.74, 6) is -0.420. The lowest BCUT2D eigenvalue weighted by atomic mass is 10.0. The number of carbonyl (C=O) groups is 2. The first kappa shape index (κ1) is 17.5. The van der Waals surface area contributed by atoms with E-state index in [9.17, 15) is 9.59 Å². The van der Waals surface area contributed by atoms with Gasteiger partial charge in [-0.25, -0.2) is 4.79 Å². The number of nitrogens with zero attached hydrogens (tertiary/aromatic N) is 3. The molecule has 3 rings (SSSR count). The van der Waals surface area contributed by atoms with Gasteiger partial charge in [0.15, 0.2) is 0 Å². The van der Waals surface area contributed by atoms with E-state index in [0.29, 0.717) is 18.7 Å². The summed E-state index contributed by atoms with van der Waals surface area (Å²) in [6.07, 6.45) is 0.792. The first-order valence-corrected chi connectivity index (χ1v) is 8.36. The number of urea groups is 1. The minimum absolute atomic E-state index is 0.0326. The molecule has 0 bridgehead atoms. The molecular weight excluding hydrogens is 330 g/mol. The van der Waals surface area contributed by atoms with Gasteiger partial charge in [-0.2, -0.15) is 5.26 Å². The van der Waals surface area contributed by atoms with Crippen molar-refractivity contribution in [3.63, 3.8) is 0 Å². The molecule has 1 saturated heterocycles. The molecule has 1 fully saturated rings. The molecule has 6 nitrogen and oxygen atoms in total. The van der Waals surface area contributed by atoms with Crippen molar-refractivity contribution in [1.29, 1.82) is 5.26 Å². The average molecular weight is 349 g/mol. The first-order chi connectivity index (χ1) is 12.6. The van der Waals surface area contributed by atoms with E-state index in [-0.39, 0.29) is 12.6 Å². The van der Waals surface area contributed by atoms with E-state index >= 15 is 0 Å². The van der Waals surface area contributed by atoms with E-state index in [2.05, 4.69) is 10.8 Å². The number of rotatable bonds is 4. The fourth-order valence-corrected chi connectivity index (χ4v) is 2.96. The van der Waals surface area contributed by atoms with Crippen molar-refractivity contribution < 1.29 is 14.3 Å². The second-order valence-electron chi connectivity index (χ2n) is 6.02. The molecule has 2 amide bonds. The number of esters is 1. The maximum Gasteiger partial charge on any atom is 0.325 e. The van der Waals surface area contributed by atoms with Crippen LogP contribution in [-0.4, -0.2) is 43.6 Å². The Morgan fingerprint density at radius 3 is 2.27 bits per heavy atom. The third-order valence-electron chi connectivity index (χ3n) is 4.39. The molecular formula is C20H19N3O3. The van der Waals surface area contributed by atoms with Crippen molar-refractivity contribution >= 4 is 17.7 Å². The van der Waals surface area contributed by atoms with E-state index in [0.717, 1.165) is 23.2 Å². The van der Waals surface area contributed by atoms with Crippen molar-refractivity contribution in [2.75, 3.05) is 31.6 Å². The fraction of sp³-hybridized carbons (Fsp3) is 0.250. The van der Waals surface area contributed by atoms with E-state index < -0.39 is 5.97 Å². The van der Waals surface area contributed by atoms with E-state index in [1.54, 1.807) is 17.0 Å². The molecule has 1 aliphatic rings. The summed E-state index contributed by atoms with van der Waals surface area (Å²) in [5, 5.41) is 8.88. The zero-order valence-corrected chi connectivity index (χ0v) is 14.5. The highest BCUT2D eigenvalue weighted by Crippen LogP contribution is 2.25. The van der Waals surface area contributed by atoms with Crippen LogP contribution in [0.3, 0.4) is 0 Å². The van der Waals surface area contributed by atoms with Crippen LogP contribution in [0, 0.1) is 11.3 Å². The normalized spacial score (nSPS) is 14.1. The minimum atomic E-state index is -0.420. The molecule has 6 heteroatoms.